The molecule has 0 bridgehead atoms. The molecule has 4 heteroatoms. The van der Waals surface area contributed by atoms with Crippen LogP contribution in [0.2, 0.25) is 0 Å². The molecule has 2 aliphatic rings. The second-order valence-corrected chi connectivity index (χ2v) is 7.58. The van der Waals surface area contributed by atoms with Crippen LogP contribution in [0.15, 0.2) is 0 Å². The third kappa shape index (κ3) is 5.59. The zero-order valence-electron chi connectivity index (χ0n) is 13.9. The van der Waals surface area contributed by atoms with Crippen molar-refractivity contribution in [3.8, 4) is 0 Å². The molecule has 4 nitrogen and oxygen atoms in total. The Morgan fingerprint density at radius 3 is 2.52 bits per heavy atom. The van der Waals surface area contributed by atoms with Gasteiger partial charge in [-0.1, -0.05) is 19.3 Å². The molecule has 3 unspecified atom stereocenters. The molecule has 1 aliphatic heterocycles. The van der Waals surface area contributed by atoms with Crippen LogP contribution in [-0.4, -0.2) is 36.7 Å². The van der Waals surface area contributed by atoms with Gasteiger partial charge in [0.1, 0.15) is 5.60 Å². The summed E-state index contributed by atoms with van der Waals surface area (Å²) in [7, 11) is 0. The van der Waals surface area contributed by atoms with Gasteiger partial charge in [0.2, 0.25) is 0 Å². The van der Waals surface area contributed by atoms with Crippen molar-refractivity contribution in [1.29, 1.82) is 0 Å². The van der Waals surface area contributed by atoms with Gasteiger partial charge in [-0.15, -0.1) is 0 Å². The number of carbonyl (C=O) groups excluding carboxylic acids is 1. The zero-order valence-corrected chi connectivity index (χ0v) is 13.9. The van der Waals surface area contributed by atoms with Crippen molar-refractivity contribution in [1.82, 2.24) is 10.6 Å². The highest BCUT2D eigenvalue weighted by Gasteiger charge is 2.32. The molecule has 122 valence electrons. The lowest BCUT2D eigenvalue weighted by Crippen LogP contribution is -2.51. The number of nitrogens with one attached hydrogen (secondary N) is 2. The zero-order chi connectivity index (χ0) is 15.3. The van der Waals surface area contributed by atoms with E-state index in [1.165, 1.54) is 44.9 Å². The van der Waals surface area contributed by atoms with Gasteiger partial charge in [0.05, 0.1) is 6.54 Å². The number of carbonyl (C=O) groups is 1. The molecular weight excluding hydrogens is 264 g/mol. The fourth-order valence-corrected chi connectivity index (χ4v) is 3.73. The molecule has 2 rings (SSSR count). The Balaban J connectivity index is 1.82. The van der Waals surface area contributed by atoms with E-state index in [2.05, 4.69) is 10.6 Å². The normalized spacial score (nSPS) is 30.9. The van der Waals surface area contributed by atoms with E-state index in [9.17, 15) is 4.79 Å². The van der Waals surface area contributed by atoms with Crippen molar-refractivity contribution >= 4 is 5.97 Å². The third-order valence-corrected chi connectivity index (χ3v) is 4.61. The van der Waals surface area contributed by atoms with Crippen LogP contribution in [-0.2, 0) is 9.53 Å². The Morgan fingerprint density at radius 2 is 1.86 bits per heavy atom. The largest absolute Gasteiger partial charge is 0.459 e. The van der Waals surface area contributed by atoms with Crippen LogP contribution in [0.4, 0.5) is 0 Å². The summed E-state index contributed by atoms with van der Waals surface area (Å²) in [5.74, 6) is 0.532. The van der Waals surface area contributed by atoms with Gasteiger partial charge in [0, 0.05) is 12.1 Å². The smallest absolute Gasteiger partial charge is 0.320 e. The molecule has 1 aliphatic carbocycles. The molecule has 0 spiro atoms. The molecule has 2 fully saturated rings. The third-order valence-electron chi connectivity index (χ3n) is 4.61. The first-order valence-corrected chi connectivity index (χ1v) is 8.64. The fraction of sp³-hybridized carbons (Fsp3) is 0.941. The second-order valence-electron chi connectivity index (χ2n) is 7.58. The van der Waals surface area contributed by atoms with Gasteiger partial charge in [-0.25, -0.2) is 0 Å². The summed E-state index contributed by atoms with van der Waals surface area (Å²) in [4.78, 5) is 11.9. The molecular formula is C17H32N2O2. The molecule has 0 aromatic heterocycles. The van der Waals surface area contributed by atoms with E-state index >= 15 is 0 Å². The van der Waals surface area contributed by atoms with Crippen LogP contribution in [0.1, 0.15) is 65.7 Å². The maximum Gasteiger partial charge on any atom is 0.320 e. The van der Waals surface area contributed by atoms with Crippen molar-refractivity contribution < 1.29 is 9.53 Å². The van der Waals surface area contributed by atoms with Crippen molar-refractivity contribution in [3.63, 3.8) is 0 Å². The maximum absolute atomic E-state index is 11.9. The minimum Gasteiger partial charge on any atom is -0.459 e. The van der Waals surface area contributed by atoms with Crippen molar-refractivity contribution in [3.05, 3.63) is 0 Å². The first kappa shape index (κ1) is 16.8. The van der Waals surface area contributed by atoms with Crippen LogP contribution in [0.25, 0.3) is 0 Å². The summed E-state index contributed by atoms with van der Waals surface area (Å²) >= 11 is 0. The highest BCUT2D eigenvalue weighted by Crippen LogP contribution is 2.30. The number of hydrogen-bond donors (Lipinski definition) is 2. The van der Waals surface area contributed by atoms with E-state index in [0.29, 0.717) is 24.5 Å². The fourth-order valence-electron chi connectivity index (χ4n) is 3.73. The Kier molecular flexibility index (Phi) is 6.06. The first-order chi connectivity index (χ1) is 9.96. The molecule has 1 saturated carbocycles. The topological polar surface area (TPSA) is 50.4 Å². The molecule has 0 aromatic rings. The van der Waals surface area contributed by atoms with Crippen LogP contribution in [0.3, 0.4) is 0 Å². The van der Waals surface area contributed by atoms with Gasteiger partial charge in [-0.2, -0.15) is 0 Å². The second kappa shape index (κ2) is 7.59. The molecule has 0 amide bonds. The predicted octanol–water partition coefficient (Wildman–Crippen LogP) is 2.62. The lowest BCUT2D eigenvalue weighted by atomic mass is 9.77. The highest BCUT2D eigenvalue weighted by atomic mass is 16.6. The Bertz CT molecular complexity index is 332. The summed E-state index contributed by atoms with van der Waals surface area (Å²) in [6.07, 6.45) is 9.00. The lowest BCUT2D eigenvalue weighted by Gasteiger charge is -2.40. The first-order valence-electron chi connectivity index (χ1n) is 8.64. The molecule has 1 saturated heterocycles. The van der Waals surface area contributed by atoms with Crippen LogP contribution in [0, 0.1) is 5.92 Å². The maximum atomic E-state index is 11.9. The predicted molar refractivity (Wildman–Crippen MR) is 85.2 cm³/mol. The molecule has 0 radical (unpaired) electrons. The van der Waals surface area contributed by atoms with Gasteiger partial charge >= 0.3 is 5.97 Å². The molecule has 2 N–H and O–H groups in total. The van der Waals surface area contributed by atoms with Gasteiger partial charge in [-0.05, 0) is 58.9 Å². The van der Waals surface area contributed by atoms with Gasteiger partial charge in [0.15, 0.2) is 0 Å². The van der Waals surface area contributed by atoms with Gasteiger partial charge in [-0.3, -0.25) is 4.79 Å². The van der Waals surface area contributed by atoms with Gasteiger partial charge < -0.3 is 15.4 Å². The summed E-state index contributed by atoms with van der Waals surface area (Å²) < 4.78 is 5.39. The van der Waals surface area contributed by atoms with Crippen molar-refractivity contribution in [2.45, 2.75) is 83.4 Å². The van der Waals surface area contributed by atoms with E-state index in [0.717, 1.165) is 6.54 Å². The van der Waals surface area contributed by atoms with Crippen LogP contribution < -0.4 is 10.6 Å². The minimum atomic E-state index is -0.393. The van der Waals surface area contributed by atoms with E-state index in [-0.39, 0.29) is 5.97 Å². The average molecular weight is 296 g/mol. The van der Waals surface area contributed by atoms with E-state index in [1.807, 2.05) is 20.8 Å². The standard InChI is InChI=1S/C17H32N2O2/c1-17(2,3)21-16(20)12-19-15-9-5-4-8-13(15)14-10-6-7-11-18-14/h13-15,18-19H,4-12H2,1-3H3. The monoisotopic (exact) mass is 296 g/mol. The Morgan fingerprint density at radius 1 is 1.14 bits per heavy atom. The number of ether oxygens (including phenoxy) is 1. The summed E-state index contributed by atoms with van der Waals surface area (Å²) in [5, 5.41) is 7.17. The number of hydrogen-bond acceptors (Lipinski definition) is 4. The number of rotatable bonds is 4. The van der Waals surface area contributed by atoms with E-state index in [4.69, 9.17) is 4.74 Å². The SMILES string of the molecule is CC(C)(C)OC(=O)CNC1CCCCC1C1CCCCN1. The quantitative estimate of drug-likeness (QED) is 0.783. The molecule has 21 heavy (non-hydrogen) atoms. The highest BCUT2D eigenvalue weighted by molar-refractivity contribution is 5.72. The lowest BCUT2D eigenvalue weighted by molar-refractivity contribution is -0.153. The van der Waals surface area contributed by atoms with E-state index < -0.39 is 5.60 Å². The number of piperidine rings is 1. The van der Waals surface area contributed by atoms with Crippen LogP contribution in [0.5, 0.6) is 0 Å². The molecule has 0 aromatic carbocycles. The average Bonchev–Trinajstić information content (AvgIpc) is 2.45. The van der Waals surface area contributed by atoms with Crippen molar-refractivity contribution in [2.75, 3.05) is 13.1 Å². The van der Waals surface area contributed by atoms with Gasteiger partial charge in [0.25, 0.3) is 0 Å². The summed E-state index contributed by atoms with van der Waals surface area (Å²) in [6, 6.07) is 1.09. The van der Waals surface area contributed by atoms with Crippen molar-refractivity contribution in [2.24, 2.45) is 5.92 Å². The summed E-state index contributed by atoms with van der Waals surface area (Å²) in [5.41, 5.74) is -0.393. The summed E-state index contributed by atoms with van der Waals surface area (Å²) in [6.45, 7) is 7.24. The van der Waals surface area contributed by atoms with Crippen LogP contribution >= 0.6 is 0 Å². The molecule has 1 heterocycles. The molecule has 3 atom stereocenters. The Hall–Kier alpha value is -0.610. The Labute approximate surface area is 129 Å². The number of esters is 1. The van der Waals surface area contributed by atoms with E-state index in [1.54, 1.807) is 0 Å². The minimum absolute atomic E-state index is 0.136.